The van der Waals surface area contributed by atoms with Crippen LogP contribution in [0.5, 0.6) is 0 Å². The zero-order valence-corrected chi connectivity index (χ0v) is 9.74. The monoisotopic (exact) mass is 205 g/mol. The molecule has 0 aromatic heterocycles. The van der Waals surface area contributed by atoms with Gasteiger partial charge in [0.15, 0.2) is 11.1 Å². The van der Waals surface area contributed by atoms with Gasteiger partial charge in [0.1, 0.15) is 0 Å². The predicted molar refractivity (Wildman–Crippen MR) is 55.5 cm³/mol. The molecule has 0 spiro atoms. The summed E-state index contributed by atoms with van der Waals surface area (Å²) in [5.74, 6) is 0. The van der Waals surface area contributed by atoms with Crippen molar-refractivity contribution < 1.29 is 0 Å². The third kappa shape index (κ3) is 9.99. The normalized spacial score (nSPS) is 10.5. The fraction of sp³-hybridized carbons (Fsp3) is 0.700. The zero-order valence-electron chi connectivity index (χ0n) is 9.74. The summed E-state index contributed by atoms with van der Waals surface area (Å²) in [5, 5.41) is 32.0. The Morgan fingerprint density at radius 3 is 1.13 bits per heavy atom. The average molecular weight is 205 g/mol. The molecule has 0 fully saturated rings. The molecule has 0 aliphatic carbocycles. The van der Waals surface area contributed by atoms with E-state index in [9.17, 15) is 0 Å². The highest BCUT2D eigenvalue weighted by molar-refractivity contribution is 5.03. The van der Waals surface area contributed by atoms with Crippen molar-refractivity contribution in [2.75, 3.05) is 0 Å². The lowest BCUT2D eigenvalue weighted by Crippen LogP contribution is -2.17. The molecule has 0 saturated carbocycles. The van der Waals surface area contributed by atoms with Gasteiger partial charge in [-0.05, 0) is 27.7 Å². The van der Waals surface area contributed by atoms with E-state index in [1.54, 1.807) is 33.8 Å². The van der Waals surface area contributed by atoms with Crippen LogP contribution >= 0.6 is 0 Å². The number of nitrogens with zero attached hydrogens (tertiary/aromatic N) is 5. The molecular weight excluding hydrogens is 190 g/mol. The van der Waals surface area contributed by atoms with E-state index in [0.29, 0.717) is 0 Å². The van der Waals surface area contributed by atoms with Crippen molar-refractivity contribution in [2.24, 2.45) is 10.2 Å². The maximum atomic E-state index is 8.58. The van der Waals surface area contributed by atoms with E-state index in [2.05, 4.69) is 10.2 Å². The third-order valence-corrected chi connectivity index (χ3v) is 1.10. The molecule has 0 aromatic rings. The first-order valence-electron chi connectivity index (χ1n) is 4.32. The van der Waals surface area contributed by atoms with Crippen LogP contribution in [0.3, 0.4) is 0 Å². The molecule has 0 saturated heterocycles. The highest BCUT2D eigenvalue weighted by atomic mass is 15.2. The van der Waals surface area contributed by atoms with E-state index in [1.165, 1.54) is 6.92 Å². The topological polar surface area (TPSA) is 96.1 Å². The van der Waals surface area contributed by atoms with Gasteiger partial charge in [-0.2, -0.15) is 26.0 Å². The summed E-state index contributed by atoms with van der Waals surface area (Å²) in [4.78, 5) is 0. The van der Waals surface area contributed by atoms with E-state index >= 15 is 0 Å². The van der Waals surface area contributed by atoms with Crippen LogP contribution in [0.2, 0.25) is 0 Å². The molecule has 0 radical (unpaired) electrons. The number of hydrogen-bond donors (Lipinski definition) is 0. The van der Waals surface area contributed by atoms with E-state index in [4.69, 9.17) is 15.8 Å². The van der Waals surface area contributed by atoms with E-state index in [1.807, 2.05) is 12.1 Å². The first kappa shape index (κ1) is 15.5. The Bertz CT molecular complexity index is 304. The largest absolute Gasteiger partial charge is 0.199 e. The summed E-state index contributed by atoms with van der Waals surface area (Å²) < 4.78 is 0. The van der Waals surface area contributed by atoms with Crippen molar-refractivity contribution in [1.29, 1.82) is 15.8 Å². The second-order valence-corrected chi connectivity index (χ2v) is 3.77. The van der Waals surface area contributed by atoms with Crippen molar-refractivity contribution in [3.05, 3.63) is 0 Å². The summed E-state index contributed by atoms with van der Waals surface area (Å²) >= 11 is 0. The van der Waals surface area contributed by atoms with Gasteiger partial charge in [-0.1, -0.05) is 0 Å². The van der Waals surface area contributed by atoms with Crippen LogP contribution in [0.4, 0.5) is 0 Å². The van der Waals surface area contributed by atoms with Gasteiger partial charge < -0.3 is 0 Å². The minimum Gasteiger partial charge on any atom is -0.199 e. The molecular formula is C10H15N5. The molecule has 5 heteroatoms. The molecule has 80 valence electrons. The molecule has 5 nitrogen and oxygen atoms in total. The number of nitriles is 3. The Labute approximate surface area is 90.7 Å². The lowest BCUT2D eigenvalue weighted by atomic mass is 10.1. The molecule has 0 bridgehead atoms. The Morgan fingerprint density at radius 2 is 1.00 bits per heavy atom. The quantitative estimate of drug-likeness (QED) is 0.648. The van der Waals surface area contributed by atoms with Gasteiger partial charge in [-0.3, -0.25) is 0 Å². The van der Waals surface area contributed by atoms with Gasteiger partial charge >= 0.3 is 0 Å². The van der Waals surface area contributed by atoms with E-state index < -0.39 is 11.1 Å². The fourth-order valence-corrected chi connectivity index (χ4v) is 0.295. The number of rotatable bonds is 2. The van der Waals surface area contributed by atoms with Crippen LogP contribution in [0.1, 0.15) is 34.6 Å². The fourth-order valence-electron chi connectivity index (χ4n) is 0.295. The molecule has 0 rings (SSSR count). The van der Waals surface area contributed by atoms with Crippen molar-refractivity contribution in [2.45, 2.75) is 45.7 Å². The maximum Gasteiger partial charge on any atom is 0.162 e. The van der Waals surface area contributed by atoms with Crippen molar-refractivity contribution >= 4 is 0 Å². The number of hydrogen-bond acceptors (Lipinski definition) is 5. The van der Waals surface area contributed by atoms with Crippen LogP contribution in [0, 0.1) is 34.0 Å². The molecule has 0 unspecified atom stereocenters. The summed E-state index contributed by atoms with van der Waals surface area (Å²) in [7, 11) is 0. The highest BCUT2D eigenvalue weighted by Gasteiger charge is 2.19. The summed E-state index contributed by atoms with van der Waals surface area (Å²) in [6.45, 7) is 8.00. The standard InChI is InChI=1S/C8H12N4.C2H3N/c1-7(2,5-9)11-12-8(3,4)6-10;1-2-3/h1-4H3;1H3. The molecule has 0 amide bonds. The molecule has 0 aliphatic heterocycles. The van der Waals surface area contributed by atoms with Crippen molar-refractivity contribution in [1.82, 2.24) is 0 Å². The summed E-state index contributed by atoms with van der Waals surface area (Å²) in [5.41, 5.74) is -1.68. The van der Waals surface area contributed by atoms with Crippen LogP contribution in [-0.4, -0.2) is 11.1 Å². The molecule has 0 N–H and O–H groups in total. The predicted octanol–water partition coefficient (Wildman–Crippen LogP) is 2.57. The van der Waals surface area contributed by atoms with Gasteiger partial charge in [-0.25, -0.2) is 0 Å². The summed E-state index contributed by atoms with van der Waals surface area (Å²) in [6.07, 6.45) is 0. The summed E-state index contributed by atoms with van der Waals surface area (Å²) in [6, 6.07) is 5.69. The second-order valence-electron chi connectivity index (χ2n) is 3.77. The zero-order chi connectivity index (χ0) is 12.5. The minimum absolute atomic E-state index is 0.839. The number of azo groups is 1. The van der Waals surface area contributed by atoms with Crippen molar-refractivity contribution in [3.63, 3.8) is 0 Å². The highest BCUT2D eigenvalue weighted by Crippen LogP contribution is 2.13. The smallest absolute Gasteiger partial charge is 0.162 e. The molecule has 0 atom stereocenters. The van der Waals surface area contributed by atoms with Crippen LogP contribution in [0.15, 0.2) is 10.2 Å². The molecule has 0 aliphatic rings. The first-order chi connectivity index (χ1) is 6.74. The lowest BCUT2D eigenvalue weighted by molar-refractivity contribution is 0.541. The van der Waals surface area contributed by atoms with Crippen LogP contribution in [0.25, 0.3) is 0 Å². The lowest BCUT2D eigenvalue weighted by Gasteiger charge is -2.11. The third-order valence-electron chi connectivity index (χ3n) is 1.10. The maximum absolute atomic E-state index is 8.58. The molecule has 15 heavy (non-hydrogen) atoms. The minimum atomic E-state index is -0.839. The Kier molecular flexibility index (Phi) is 6.75. The van der Waals surface area contributed by atoms with Crippen molar-refractivity contribution in [3.8, 4) is 18.2 Å². The van der Waals surface area contributed by atoms with Gasteiger partial charge in [0.25, 0.3) is 0 Å². The van der Waals surface area contributed by atoms with Gasteiger partial charge in [-0.15, -0.1) is 0 Å². The second kappa shape index (κ2) is 6.51. The SMILES string of the molecule is CC#N.CC(C)(C#N)N=NC(C)(C)C#N. The molecule has 0 aromatic carbocycles. The molecule has 0 heterocycles. The van der Waals surface area contributed by atoms with E-state index in [0.717, 1.165) is 0 Å². The Morgan fingerprint density at radius 1 is 0.800 bits per heavy atom. The first-order valence-corrected chi connectivity index (χ1v) is 4.32. The van der Waals surface area contributed by atoms with Gasteiger partial charge in [0.05, 0.1) is 18.2 Å². The van der Waals surface area contributed by atoms with E-state index in [-0.39, 0.29) is 0 Å². The van der Waals surface area contributed by atoms with Crippen LogP contribution in [-0.2, 0) is 0 Å². The van der Waals surface area contributed by atoms with Gasteiger partial charge in [0, 0.05) is 6.92 Å². The Hall–Kier alpha value is -1.93. The van der Waals surface area contributed by atoms with Gasteiger partial charge in [0.2, 0.25) is 0 Å². The average Bonchev–Trinajstić information content (AvgIpc) is 2.17. The van der Waals surface area contributed by atoms with Crippen LogP contribution < -0.4 is 0 Å². The Balaban J connectivity index is 0.